The molecule has 0 amide bonds. The molecule has 4 aromatic carbocycles. The minimum atomic E-state index is 0.883. The fourth-order valence-electron chi connectivity index (χ4n) is 6.15. The summed E-state index contributed by atoms with van der Waals surface area (Å²) in [5, 5.41) is 15.8. The highest BCUT2D eigenvalue weighted by Crippen LogP contribution is 2.39. The van der Waals surface area contributed by atoms with Crippen LogP contribution in [0, 0.1) is 0 Å². The second-order valence-electron chi connectivity index (χ2n) is 10.5. The number of benzene rings is 4. The lowest BCUT2D eigenvalue weighted by Crippen LogP contribution is -1.94. The van der Waals surface area contributed by atoms with Crippen LogP contribution in [0.25, 0.3) is 76.1 Å². The lowest BCUT2D eigenvalue weighted by molar-refractivity contribution is 1.10. The molecule has 8 aromatic rings. The number of para-hydroxylation sites is 2. The molecule has 0 aliphatic carbocycles. The van der Waals surface area contributed by atoms with E-state index in [0.717, 1.165) is 60.0 Å². The summed E-state index contributed by atoms with van der Waals surface area (Å²) in [6.07, 6.45) is 9.57. The van der Waals surface area contributed by atoms with Crippen molar-refractivity contribution in [2.45, 2.75) is 6.92 Å². The molecule has 44 heavy (non-hydrogen) atoms. The maximum atomic E-state index is 4.65. The zero-order valence-corrected chi connectivity index (χ0v) is 24.7. The van der Waals surface area contributed by atoms with Crippen LogP contribution in [0.15, 0.2) is 133 Å². The number of fused-ring (bicyclic) bond motifs is 6. The maximum Gasteiger partial charge on any atom is 0.148 e. The molecule has 0 aliphatic heterocycles. The molecule has 0 unspecified atom stereocenters. The van der Waals surface area contributed by atoms with Gasteiger partial charge in [-0.3, -0.25) is 9.98 Å². The van der Waals surface area contributed by atoms with Crippen molar-refractivity contribution in [2.24, 2.45) is 4.99 Å². The maximum absolute atomic E-state index is 4.65. The smallest absolute Gasteiger partial charge is 0.148 e. The first kappa shape index (κ1) is 26.0. The SMILES string of the molecule is C=N/C=C(\C=C/C)n1c2ccccc2c2cc(-c3nnc(-c4ccc5c(c4)c4ccccc4n5-c4cccnc4)s3)ccc21. The Kier molecular flexibility index (Phi) is 6.24. The molecule has 0 saturated carbocycles. The molecule has 0 N–H and O–H groups in total. The summed E-state index contributed by atoms with van der Waals surface area (Å²) in [4.78, 5) is 8.43. The van der Waals surface area contributed by atoms with E-state index < -0.39 is 0 Å². The molecular formula is C37H26N6S. The summed E-state index contributed by atoms with van der Waals surface area (Å²) >= 11 is 1.61. The molecule has 0 radical (unpaired) electrons. The molecule has 6 nitrogen and oxygen atoms in total. The minimum Gasteiger partial charge on any atom is -0.308 e. The Morgan fingerprint density at radius 2 is 1.34 bits per heavy atom. The highest BCUT2D eigenvalue weighted by atomic mass is 32.1. The van der Waals surface area contributed by atoms with Crippen molar-refractivity contribution >= 4 is 67.4 Å². The lowest BCUT2D eigenvalue weighted by Gasteiger charge is -2.08. The van der Waals surface area contributed by atoms with Gasteiger partial charge in [-0.05, 0) is 80.4 Å². The third kappa shape index (κ3) is 4.09. The summed E-state index contributed by atoms with van der Waals surface area (Å²) in [5.41, 5.74) is 8.58. The van der Waals surface area contributed by atoms with E-state index in [2.05, 4.69) is 133 Å². The van der Waals surface area contributed by atoms with Crippen LogP contribution < -0.4 is 0 Å². The number of aliphatic imine (C=N–C) groups is 1. The number of allylic oxidation sites excluding steroid dienone is 3. The van der Waals surface area contributed by atoms with Gasteiger partial charge in [0, 0.05) is 38.9 Å². The Balaban J connectivity index is 1.24. The van der Waals surface area contributed by atoms with Crippen LogP contribution in [0.2, 0.25) is 0 Å². The van der Waals surface area contributed by atoms with E-state index in [9.17, 15) is 0 Å². The first-order valence-electron chi connectivity index (χ1n) is 14.4. The molecule has 0 fully saturated rings. The number of hydrogen-bond acceptors (Lipinski definition) is 5. The molecule has 0 saturated heterocycles. The van der Waals surface area contributed by atoms with Crippen molar-refractivity contribution in [3.05, 3.63) is 128 Å². The molecule has 0 bridgehead atoms. The largest absolute Gasteiger partial charge is 0.308 e. The topological polar surface area (TPSA) is 60.9 Å². The van der Waals surface area contributed by atoms with E-state index in [1.165, 1.54) is 16.2 Å². The van der Waals surface area contributed by atoms with Crippen LogP contribution >= 0.6 is 11.3 Å². The lowest BCUT2D eigenvalue weighted by atomic mass is 10.1. The Bertz CT molecular complexity index is 2420. The molecule has 210 valence electrons. The van der Waals surface area contributed by atoms with Gasteiger partial charge in [0.05, 0.1) is 45.8 Å². The van der Waals surface area contributed by atoms with Gasteiger partial charge in [-0.25, -0.2) is 0 Å². The highest BCUT2D eigenvalue weighted by molar-refractivity contribution is 7.17. The van der Waals surface area contributed by atoms with Gasteiger partial charge < -0.3 is 9.13 Å². The van der Waals surface area contributed by atoms with E-state index in [-0.39, 0.29) is 0 Å². The Labute approximate surface area is 257 Å². The van der Waals surface area contributed by atoms with Crippen molar-refractivity contribution in [2.75, 3.05) is 0 Å². The average molecular weight is 587 g/mol. The van der Waals surface area contributed by atoms with Crippen LogP contribution in [0.5, 0.6) is 0 Å². The number of pyridine rings is 1. The zero-order valence-electron chi connectivity index (χ0n) is 23.9. The van der Waals surface area contributed by atoms with Gasteiger partial charge in [0.25, 0.3) is 0 Å². The Hall–Kier alpha value is -5.66. The van der Waals surface area contributed by atoms with Crippen LogP contribution in [0.3, 0.4) is 0 Å². The van der Waals surface area contributed by atoms with Gasteiger partial charge in [-0.1, -0.05) is 53.8 Å². The Morgan fingerprint density at radius 3 is 2.02 bits per heavy atom. The van der Waals surface area contributed by atoms with Crippen molar-refractivity contribution < 1.29 is 0 Å². The van der Waals surface area contributed by atoms with Gasteiger partial charge in [0.15, 0.2) is 0 Å². The summed E-state index contributed by atoms with van der Waals surface area (Å²) in [7, 11) is 0. The zero-order chi connectivity index (χ0) is 29.6. The monoisotopic (exact) mass is 586 g/mol. The molecule has 4 heterocycles. The molecule has 8 rings (SSSR count). The third-order valence-corrected chi connectivity index (χ3v) is 9.01. The predicted octanol–water partition coefficient (Wildman–Crippen LogP) is 9.55. The third-order valence-electron chi connectivity index (χ3n) is 7.99. The van der Waals surface area contributed by atoms with Crippen molar-refractivity contribution in [1.29, 1.82) is 0 Å². The van der Waals surface area contributed by atoms with Gasteiger partial charge >= 0.3 is 0 Å². The molecule has 7 heteroatoms. The van der Waals surface area contributed by atoms with Gasteiger partial charge in [-0.2, -0.15) is 0 Å². The van der Waals surface area contributed by atoms with Crippen molar-refractivity contribution in [1.82, 2.24) is 24.3 Å². The molecule has 0 atom stereocenters. The van der Waals surface area contributed by atoms with Gasteiger partial charge in [-0.15, -0.1) is 10.2 Å². The Morgan fingerprint density at radius 1 is 0.727 bits per heavy atom. The number of hydrogen-bond donors (Lipinski definition) is 0. The fraction of sp³-hybridized carbons (Fsp3) is 0.0270. The summed E-state index contributed by atoms with van der Waals surface area (Å²) in [6.45, 7) is 5.70. The second-order valence-corrected chi connectivity index (χ2v) is 11.5. The summed E-state index contributed by atoms with van der Waals surface area (Å²) in [5.74, 6) is 0. The molecule has 0 aliphatic rings. The van der Waals surface area contributed by atoms with Crippen molar-refractivity contribution in [3.8, 4) is 26.8 Å². The number of aromatic nitrogens is 5. The van der Waals surface area contributed by atoms with Gasteiger partial charge in [0.1, 0.15) is 10.0 Å². The quantitative estimate of drug-likeness (QED) is 0.144. The van der Waals surface area contributed by atoms with Crippen LogP contribution in [-0.4, -0.2) is 31.0 Å². The van der Waals surface area contributed by atoms with E-state index in [1.54, 1.807) is 23.7 Å². The van der Waals surface area contributed by atoms with Crippen LogP contribution in [0.1, 0.15) is 6.92 Å². The van der Waals surface area contributed by atoms with Crippen molar-refractivity contribution in [3.63, 3.8) is 0 Å². The van der Waals surface area contributed by atoms with Gasteiger partial charge in [0.2, 0.25) is 0 Å². The average Bonchev–Trinajstić information content (AvgIpc) is 3.78. The minimum absolute atomic E-state index is 0.883. The van der Waals surface area contributed by atoms with Crippen LogP contribution in [0.4, 0.5) is 0 Å². The second kappa shape index (κ2) is 10.6. The van der Waals surface area contributed by atoms with E-state index >= 15 is 0 Å². The normalized spacial score (nSPS) is 12.3. The van der Waals surface area contributed by atoms with E-state index in [4.69, 9.17) is 0 Å². The molecule has 0 spiro atoms. The standard InChI is InChI=1S/C37H26N6S/c1-3-9-26(22-38-2)42-32-13-6-4-11-28(32)30-20-24(15-17-34(30)42)36-40-41-37(44-36)25-16-18-35-31(21-25)29-12-5-7-14-33(29)43(35)27-10-8-19-39-23-27/h3-23H,2H2,1H3/b9-3-,26-22+. The fourth-order valence-corrected chi connectivity index (χ4v) is 6.99. The first-order valence-corrected chi connectivity index (χ1v) is 15.2. The number of nitrogens with zero attached hydrogens (tertiary/aromatic N) is 6. The van der Waals surface area contributed by atoms with E-state index in [0.29, 0.717) is 0 Å². The number of rotatable bonds is 6. The van der Waals surface area contributed by atoms with Crippen LogP contribution in [-0.2, 0) is 0 Å². The molecule has 4 aromatic heterocycles. The summed E-state index contributed by atoms with van der Waals surface area (Å²) in [6, 6.07) is 34.0. The van der Waals surface area contributed by atoms with E-state index in [1.807, 2.05) is 25.3 Å². The first-order chi connectivity index (χ1) is 21.7. The molecular weight excluding hydrogens is 561 g/mol. The highest BCUT2D eigenvalue weighted by Gasteiger charge is 2.17. The predicted molar refractivity (Wildman–Crippen MR) is 185 cm³/mol. The summed E-state index contributed by atoms with van der Waals surface area (Å²) < 4.78 is 4.49.